The number of amides is 1. The van der Waals surface area contributed by atoms with Gasteiger partial charge in [-0.3, -0.25) is 9.69 Å². The lowest BCUT2D eigenvalue weighted by Crippen LogP contribution is -2.49. The van der Waals surface area contributed by atoms with Crippen LogP contribution in [0.4, 0.5) is 0 Å². The topological polar surface area (TPSA) is 42.0 Å². The van der Waals surface area contributed by atoms with Crippen molar-refractivity contribution in [1.82, 2.24) is 9.80 Å². The summed E-state index contributed by atoms with van der Waals surface area (Å²) in [7, 11) is 1.66. The standard InChI is InChI=1S/C23H30N2O3/c1-3-19-5-7-20(8-6-19)23(26)25-16-14-24(15-17-25)13-4-18-28-22-11-9-21(27-2)10-12-22/h5-12H,3-4,13-18H2,1-2H3. The maximum atomic E-state index is 12.6. The minimum absolute atomic E-state index is 0.144. The van der Waals surface area contributed by atoms with Crippen molar-refractivity contribution in [2.24, 2.45) is 0 Å². The van der Waals surface area contributed by atoms with Crippen molar-refractivity contribution in [3.8, 4) is 11.5 Å². The molecule has 2 aromatic rings. The van der Waals surface area contributed by atoms with Crippen LogP contribution >= 0.6 is 0 Å². The molecular weight excluding hydrogens is 352 g/mol. The molecule has 0 atom stereocenters. The van der Waals surface area contributed by atoms with Crippen molar-refractivity contribution in [1.29, 1.82) is 0 Å². The van der Waals surface area contributed by atoms with Crippen molar-refractivity contribution in [3.05, 3.63) is 59.7 Å². The van der Waals surface area contributed by atoms with Crippen LogP contribution in [0.15, 0.2) is 48.5 Å². The fourth-order valence-corrected chi connectivity index (χ4v) is 3.39. The summed E-state index contributed by atoms with van der Waals surface area (Å²) in [6.45, 7) is 7.21. The van der Waals surface area contributed by atoms with Crippen molar-refractivity contribution in [2.75, 3.05) is 46.4 Å². The van der Waals surface area contributed by atoms with Gasteiger partial charge in [-0.25, -0.2) is 0 Å². The summed E-state index contributed by atoms with van der Waals surface area (Å²) in [6, 6.07) is 15.7. The molecule has 1 aliphatic rings. The molecule has 0 aromatic heterocycles. The van der Waals surface area contributed by atoms with Crippen molar-refractivity contribution in [2.45, 2.75) is 19.8 Å². The lowest BCUT2D eigenvalue weighted by atomic mass is 10.1. The second-order valence-corrected chi connectivity index (χ2v) is 7.06. The Labute approximate surface area is 167 Å². The van der Waals surface area contributed by atoms with Crippen molar-refractivity contribution < 1.29 is 14.3 Å². The monoisotopic (exact) mass is 382 g/mol. The summed E-state index contributed by atoms with van der Waals surface area (Å²) < 4.78 is 10.9. The van der Waals surface area contributed by atoms with Gasteiger partial charge in [-0.05, 0) is 54.8 Å². The summed E-state index contributed by atoms with van der Waals surface area (Å²) in [5.41, 5.74) is 2.05. The molecule has 0 saturated carbocycles. The van der Waals surface area contributed by atoms with Crippen molar-refractivity contribution in [3.63, 3.8) is 0 Å². The lowest BCUT2D eigenvalue weighted by molar-refractivity contribution is 0.0630. The van der Waals surface area contributed by atoms with Gasteiger partial charge in [-0.15, -0.1) is 0 Å². The molecule has 150 valence electrons. The molecule has 0 N–H and O–H groups in total. The van der Waals surface area contributed by atoms with Crippen LogP contribution in [0.3, 0.4) is 0 Å². The first kappa shape index (κ1) is 20.2. The summed E-state index contributed by atoms with van der Waals surface area (Å²) >= 11 is 0. The number of nitrogens with zero attached hydrogens (tertiary/aromatic N) is 2. The van der Waals surface area contributed by atoms with Gasteiger partial charge in [0.15, 0.2) is 0 Å². The van der Waals surface area contributed by atoms with Crippen LogP contribution in [-0.4, -0.2) is 62.1 Å². The molecule has 3 rings (SSSR count). The second-order valence-electron chi connectivity index (χ2n) is 7.06. The third-order valence-electron chi connectivity index (χ3n) is 5.22. The predicted molar refractivity (Wildman–Crippen MR) is 111 cm³/mol. The highest BCUT2D eigenvalue weighted by Crippen LogP contribution is 2.17. The molecule has 1 saturated heterocycles. The number of carbonyl (C=O) groups is 1. The Hall–Kier alpha value is -2.53. The van der Waals surface area contributed by atoms with Crippen LogP contribution < -0.4 is 9.47 Å². The van der Waals surface area contributed by atoms with Crippen LogP contribution in [0.2, 0.25) is 0 Å². The molecule has 2 aromatic carbocycles. The van der Waals surface area contributed by atoms with Gasteiger partial charge in [-0.2, -0.15) is 0 Å². The molecule has 1 aliphatic heterocycles. The van der Waals surface area contributed by atoms with Gasteiger partial charge >= 0.3 is 0 Å². The van der Waals surface area contributed by atoms with E-state index in [1.165, 1.54) is 5.56 Å². The van der Waals surface area contributed by atoms with Gasteiger partial charge in [0, 0.05) is 38.3 Å². The largest absolute Gasteiger partial charge is 0.497 e. The summed E-state index contributed by atoms with van der Waals surface area (Å²) in [6.07, 6.45) is 1.97. The first-order valence-electron chi connectivity index (χ1n) is 10.1. The van der Waals surface area contributed by atoms with E-state index in [0.717, 1.165) is 62.6 Å². The molecule has 0 aliphatic carbocycles. The second kappa shape index (κ2) is 10.1. The number of hydrogen-bond acceptors (Lipinski definition) is 4. The number of ether oxygens (including phenoxy) is 2. The Morgan fingerprint density at radius 2 is 1.57 bits per heavy atom. The Kier molecular flexibility index (Phi) is 7.31. The fourth-order valence-electron chi connectivity index (χ4n) is 3.39. The number of piperazine rings is 1. The third-order valence-corrected chi connectivity index (χ3v) is 5.22. The number of rotatable bonds is 8. The average Bonchev–Trinajstić information content (AvgIpc) is 2.77. The highest BCUT2D eigenvalue weighted by Gasteiger charge is 2.21. The summed E-state index contributed by atoms with van der Waals surface area (Å²) in [5, 5.41) is 0. The molecule has 1 heterocycles. The predicted octanol–water partition coefficient (Wildman–Crippen LogP) is 3.48. The van der Waals surface area contributed by atoms with Crippen LogP contribution in [-0.2, 0) is 6.42 Å². The van der Waals surface area contributed by atoms with E-state index in [9.17, 15) is 4.79 Å². The zero-order chi connectivity index (χ0) is 19.8. The number of carbonyl (C=O) groups excluding carboxylic acids is 1. The van der Waals surface area contributed by atoms with E-state index in [-0.39, 0.29) is 5.91 Å². The zero-order valence-electron chi connectivity index (χ0n) is 16.9. The average molecular weight is 383 g/mol. The van der Waals surface area contributed by atoms with Gasteiger partial charge in [-0.1, -0.05) is 19.1 Å². The number of aryl methyl sites for hydroxylation is 1. The Balaban J connectivity index is 1.36. The van der Waals surface area contributed by atoms with Gasteiger partial charge < -0.3 is 14.4 Å². The molecule has 1 fully saturated rings. The zero-order valence-corrected chi connectivity index (χ0v) is 16.9. The van der Waals surface area contributed by atoms with E-state index >= 15 is 0 Å². The molecule has 28 heavy (non-hydrogen) atoms. The van der Waals surface area contributed by atoms with E-state index in [1.54, 1.807) is 7.11 Å². The maximum Gasteiger partial charge on any atom is 0.253 e. The van der Waals surface area contributed by atoms with Gasteiger partial charge in [0.05, 0.1) is 13.7 Å². The van der Waals surface area contributed by atoms with E-state index in [2.05, 4.69) is 11.8 Å². The molecule has 5 heteroatoms. The van der Waals surface area contributed by atoms with Crippen LogP contribution in [0, 0.1) is 0 Å². The number of hydrogen-bond donors (Lipinski definition) is 0. The Bertz CT molecular complexity index is 735. The minimum atomic E-state index is 0.144. The normalized spacial score (nSPS) is 14.7. The molecule has 0 unspecified atom stereocenters. The smallest absolute Gasteiger partial charge is 0.253 e. The SMILES string of the molecule is CCc1ccc(C(=O)N2CCN(CCCOc3ccc(OC)cc3)CC2)cc1. The molecule has 0 spiro atoms. The van der Waals surface area contributed by atoms with Crippen LogP contribution in [0.1, 0.15) is 29.3 Å². The van der Waals surface area contributed by atoms with E-state index in [1.807, 2.05) is 53.4 Å². The van der Waals surface area contributed by atoms with Crippen LogP contribution in [0.5, 0.6) is 11.5 Å². The molecule has 1 amide bonds. The number of benzene rings is 2. The highest BCUT2D eigenvalue weighted by atomic mass is 16.5. The fraction of sp³-hybridized carbons (Fsp3) is 0.435. The molecule has 0 bridgehead atoms. The molecule has 5 nitrogen and oxygen atoms in total. The number of methoxy groups -OCH3 is 1. The Morgan fingerprint density at radius 1 is 0.929 bits per heavy atom. The minimum Gasteiger partial charge on any atom is -0.497 e. The van der Waals surface area contributed by atoms with Gasteiger partial charge in [0.2, 0.25) is 0 Å². The lowest BCUT2D eigenvalue weighted by Gasteiger charge is -2.34. The third kappa shape index (κ3) is 5.49. The van der Waals surface area contributed by atoms with E-state index in [0.29, 0.717) is 6.61 Å². The quantitative estimate of drug-likeness (QED) is 0.656. The van der Waals surface area contributed by atoms with E-state index < -0.39 is 0 Å². The van der Waals surface area contributed by atoms with Crippen molar-refractivity contribution >= 4 is 5.91 Å². The van der Waals surface area contributed by atoms with E-state index in [4.69, 9.17) is 9.47 Å². The molecule has 0 radical (unpaired) electrons. The van der Waals surface area contributed by atoms with Crippen LogP contribution in [0.25, 0.3) is 0 Å². The van der Waals surface area contributed by atoms with Gasteiger partial charge in [0.25, 0.3) is 5.91 Å². The Morgan fingerprint density at radius 3 is 2.18 bits per heavy atom. The molecular formula is C23H30N2O3. The first-order valence-corrected chi connectivity index (χ1v) is 10.1. The summed E-state index contributed by atoms with van der Waals surface area (Å²) in [4.78, 5) is 17.0. The highest BCUT2D eigenvalue weighted by molar-refractivity contribution is 5.94. The van der Waals surface area contributed by atoms with Gasteiger partial charge in [0.1, 0.15) is 11.5 Å². The maximum absolute atomic E-state index is 12.6. The first-order chi connectivity index (χ1) is 13.7. The summed E-state index contributed by atoms with van der Waals surface area (Å²) in [5.74, 6) is 1.84.